The van der Waals surface area contributed by atoms with E-state index in [-0.39, 0.29) is 16.8 Å². The lowest BCUT2D eigenvalue weighted by Crippen LogP contribution is -2.14. The van der Waals surface area contributed by atoms with Gasteiger partial charge in [-0.1, -0.05) is 6.07 Å². The molecular formula is C14H10FNO5. The van der Waals surface area contributed by atoms with E-state index < -0.39 is 29.2 Å². The van der Waals surface area contributed by atoms with Crippen LogP contribution in [-0.4, -0.2) is 27.2 Å². The zero-order valence-corrected chi connectivity index (χ0v) is 10.5. The van der Waals surface area contributed by atoms with Gasteiger partial charge >= 0.3 is 5.97 Å². The second kappa shape index (κ2) is 5.49. The highest BCUT2D eigenvalue weighted by Crippen LogP contribution is 2.29. The molecule has 7 heteroatoms. The maximum atomic E-state index is 13.6. The molecule has 0 atom stereocenters. The van der Waals surface area contributed by atoms with Gasteiger partial charge < -0.3 is 20.6 Å². The van der Waals surface area contributed by atoms with E-state index in [2.05, 4.69) is 5.32 Å². The van der Waals surface area contributed by atoms with Gasteiger partial charge in [-0.2, -0.15) is 0 Å². The SMILES string of the molecule is O=C(O)c1ccc(F)c(NC(=O)c2cccc(O)c2O)c1. The lowest BCUT2D eigenvalue weighted by atomic mass is 10.1. The molecule has 0 bridgehead atoms. The molecule has 0 aliphatic heterocycles. The second-order valence-electron chi connectivity index (χ2n) is 4.13. The van der Waals surface area contributed by atoms with Gasteiger partial charge in [-0.15, -0.1) is 0 Å². The number of carboxylic acid groups (broad SMARTS) is 1. The first kappa shape index (κ1) is 14.3. The summed E-state index contributed by atoms with van der Waals surface area (Å²) in [7, 11) is 0. The minimum atomic E-state index is -1.27. The number of aromatic hydroxyl groups is 2. The number of amides is 1. The quantitative estimate of drug-likeness (QED) is 0.648. The standard InChI is InChI=1S/C14H10FNO5/c15-9-5-4-7(14(20)21)6-10(9)16-13(19)8-2-1-3-11(17)12(8)18/h1-6,17-18H,(H,16,19)(H,20,21). The van der Waals surface area contributed by atoms with Crippen LogP contribution in [-0.2, 0) is 0 Å². The molecule has 2 aromatic rings. The van der Waals surface area contributed by atoms with Crippen LogP contribution in [0.1, 0.15) is 20.7 Å². The molecule has 2 rings (SSSR count). The van der Waals surface area contributed by atoms with Crippen LogP contribution in [0.4, 0.5) is 10.1 Å². The van der Waals surface area contributed by atoms with E-state index in [1.165, 1.54) is 18.2 Å². The predicted molar refractivity (Wildman–Crippen MR) is 71.1 cm³/mol. The van der Waals surface area contributed by atoms with Crippen LogP contribution in [0, 0.1) is 5.82 Å². The van der Waals surface area contributed by atoms with E-state index in [0.29, 0.717) is 0 Å². The fourth-order valence-electron chi connectivity index (χ4n) is 1.66. The summed E-state index contributed by atoms with van der Waals surface area (Å²) in [6.45, 7) is 0. The molecule has 2 aromatic carbocycles. The molecule has 21 heavy (non-hydrogen) atoms. The van der Waals surface area contributed by atoms with Crippen molar-refractivity contribution < 1.29 is 29.3 Å². The molecule has 0 radical (unpaired) electrons. The van der Waals surface area contributed by atoms with Gasteiger partial charge in [0, 0.05) is 0 Å². The third-order valence-corrected chi connectivity index (χ3v) is 2.72. The van der Waals surface area contributed by atoms with Crippen molar-refractivity contribution in [2.24, 2.45) is 0 Å². The summed E-state index contributed by atoms with van der Waals surface area (Å²) < 4.78 is 13.6. The Hall–Kier alpha value is -3.09. The smallest absolute Gasteiger partial charge is 0.335 e. The van der Waals surface area contributed by atoms with Crippen LogP contribution in [0.15, 0.2) is 36.4 Å². The molecule has 0 saturated carbocycles. The van der Waals surface area contributed by atoms with E-state index in [4.69, 9.17) is 5.11 Å². The fourth-order valence-corrected chi connectivity index (χ4v) is 1.66. The number of hydrogen-bond acceptors (Lipinski definition) is 4. The molecule has 0 aliphatic carbocycles. The molecule has 0 aromatic heterocycles. The molecule has 0 unspecified atom stereocenters. The summed E-state index contributed by atoms with van der Waals surface area (Å²) in [6.07, 6.45) is 0. The molecule has 0 fully saturated rings. The number of rotatable bonds is 3. The maximum absolute atomic E-state index is 13.6. The molecule has 0 aliphatic rings. The van der Waals surface area contributed by atoms with Crippen molar-refractivity contribution in [3.63, 3.8) is 0 Å². The Bertz CT molecular complexity index is 729. The molecular weight excluding hydrogens is 281 g/mol. The van der Waals surface area contributed by atoms with E-state index in [1.54, 1.807) is 0 Å². The van der Waals surface area contributed by atoms with Crippen LogP contribution in [0.3, 0.4) is 0 Å². The Kier molecular flexibility index (Phi) is 3.75. The third kappa shape index (κ3) is 2.92. The average molecular weight is 291 g/mol. The Morgan fingerprint density at radius 3 is 2.48 bits per heavy atom. The molecule has 0 saturated heterocycles. The molecule has 4 N–H and O–H groups in total. The fraction of sp³-hybridized carbons (Fsp3) is 0. The molecule has 6 nitrogen and oxygen atoms in total. The van der Waals surface area contributed by atoms with E-state index in [0.717, 1.165) is 18.2 Å². The maximum Gasteiger partial charge on any atom is 0.335 e. The van der Waals surface area contributed by atoms with Gasteiger partial charge in [0.2, 0.25) is 0 Å². The van der Waals surface area contributed by atoms with Crippen molar-refractivity contribution in [2.45, 2.75) is 0 Å². The highest BCUT2D eigenvalue weighted by molar-refractivity contribution is 6.07. The first-order valence-corrected chi connectivity index (χ1v) is 5.75. The zero-order valence-electron chi connectivity index (χ0n) is 10.5. The number of benzene rings is 2. The summed E-state index contributed by atoms with van der Waals surface area (Å²) in [4.78, 5) is 22.7. The van der Waals surface area contributed by atoms with Gasteiger partial charge in [-0.25, -0.2) is 9.18 Å². The van der Waals surface area contributed by atoms with Crippen LogP contribution < -0.4 is 5.32 Å². The number of carbonyl (C=O) groups is 2. The van der Waals surface area contributed by atoms with Gasteiger partial charge in [-0.3, -0.25) is 4.79 Å². The van der Waals surface area contributed by atoms with Crippen molar-refractivity contribution in [1.29, 1.82) is 0 Å². The predicted octanol–water partition coefficient (Wildman–Crippen LogP) is 2.19. The summed E-state index contributed by atoms with van der Waals surface area (Å²) in [5, 5.41) is 29.8. The monoisotopic (exact) mass is 291 g/mol. The van der Waals surface area contributed by atoms with Crippen molar-refractivity contribution in [3.8, 4) is 11.5 Å². The van der Waals surface area contributed by atoms with Gasteiger partial charge in [0.1, 0.15) is 5.82 Å². The zero-order chi connectivity index (χ0) is 15.6. The Labute approximate surface area is 118 Å². The van der Waals surface area contributed by atoms with Crippen molar-refractivity contribution in [1.82, 2.24) is 0 Å². The van der Waals surface area contributed by atoms with Gasteiger partial charge in [0.15, 0.2) is 11.5 Å². The van der Waals surface area contributed by atoms with E-state index in [1.807, 2.05) is 0 Å². The highest BCUT2D eigenvalue weighted by Gasteiger charge is 2.16. The number of hydrogen-bond donors (Lipinski definition) is 4. The molecule has 0 spiro atoms. The summed E-state index contributed by atoms with van der Waals surface area (Å²) in [5.41, 5.74) is -0.815. The Morgan fingerprint density at radius 2 is 1.81 bits per heavy atom. The van der Waals surface area contributed by atoms with Crippen LogP contribution in [0.25, 0.3) is 0 Å². The number of halogens is 1. The van der Waals surface area contributed by atoms with Crippen molar-refractivity contribution in [3.05, 3.63) is 53.3 Å². The summed E-state index contributed by atoms with van der Waals surface area (Å²) >= 11 is 0. The van der Waals surface area contributed by atoms with E-state index in [9.17, 15) is 24.2 Å². The minimum Gasteiger partial charge on any atom is -0.504 e. The minimum absolute atomic E-state index is 0.202. The Morgan fingerprint density at radius 1 is 1.10 bits per heavy atom. The van der Waals surface area contributed by atoms with Crippen LogP contribution in [0.5, 0.6) is 11.5 Å². The van der Waals surface area contributed by atoms with Gasteiger partial charge in [0.05, 0.1) is 16.8 Å². The first-order valence-electron chi connectivity index (χ1n) is 5.75. The molecule has 1 amide bonds. The number of carboxylic acids is 1. The third-order valence-electron chi connectivity index (χ3n) is 2.72. The summed E-state index contributed by atoms with van der Waals surface area (Å²) in [6, 6.07) is 6.64. The van der Waals surface area contributed by atoms with Gasteiger partial charge in [0.25, 0.3) is 5.91 Å². The number of nitrogens with one attached hydrogen (secondary N) is 1. The number of phenols is 2. The number of carbonyl (C=O) groups excluding carboxylic acids is 1. The topological polar surface area (TPSA) is 107 Å². The molecule has 108 valence electrons. The largest absolute Gasteiger partial charge is 0.504 e. The highest BCUT2D eigenvalue weighted by atomic mass is 19.1. The lowest BCUT2D eigenvalue weighted by molar-refractivity contribution is 0.0696. The van der Waals surface area contributed by atoms with Crippen molar-refractivity contribution >= 4 is 17.6 Å². The van der Waals surface area contributed by atoms with Crippen LogP contribution in [0.2, 0.25) is 0 Å². The van der Waals surface area contributed by atoms with E-state index >= 15 is 0 Å². The number of phenolic OH excluding ortho intramolecular Hbond substituents is 2. The average Bonchev–Trinajstić information content (AvgIpc) is 2.43. The second-order valence-corrected chi connectivity index (χ2v) is 4.13. The summed E-state index contributed by atoms with van der Waals surface area (Å²) in [5.74, 6) is -4.13. The first-order chi connectivity index (χ1) is 9.90. The number of aromatic carboxylic acids is 1. The Balaban J connectivity index is 2.33. The molecule has 0 heterocycles. The van der Waals surface area contributed by atoms with Crippen LogP contribution >= 0.6 is 0 Å². The normalized spacial score (nSPS) is 10.1. The lowest BCUT2D eigenvalue weighted by Gasteiger charge is -2.09. The van der Waals surface area contributed by atoms with Crippen molar-refractivity contribution in [2.75, 3.05) is 5.32 Å². The van der Waals surface area contributed by atoms with Gasteiger partial charge in [-0.05, 0) is 30.3 Å². The number of anilines is 1. The number of para-hydroxylation sites is 1.